The molecule has 0 aliphatic heterocycles. The Labute approximate surface area is 101 Å². The van der Waals surface area contributed by atoms with Crippen LogP contribution in [-0.2, 0) is 0 Å². The maximum absolute atomic E-state index is 11.6. The van der Waals surface area contributed by atoms with Crippen LogP contribution in [0.4, 0.5) is 0 Å². The Kier molecular flexibility index (Phi) is 5.90. The maximum Gasteiger partial charge on any atom is 0.251 e. The molecule has 88 valence electrons. The number of hydrogen-bond donors (Lipinski definition) is 2. The molecule has 1 amide bonds. The number of nitrogens with one attached hydrogen (secondary N) is 1. The second-order valence-electron chi connectivity index (χ2n) is 3.62. The monoisotopic (exact) mass is 240 g/mol. The van der Waals surface area contributed by atoms with E-state index >= 15 is 0 Å². The smallest absolute Gasteiger partial charge is 0.251 e. The van der Waals surface area contributed by atoms with Crippen molar-refractivity contribution in [2.24, 2.45) is 5.73 Å². The minimum atomic E-state index is -0.0738. The predicted molar refractivity (Wildman–Crippen MR) is 66.7 cm³/mol. The quantitative estimate of drug-likeness (QED) is 0.749. The van der Waals surface area contributed by atoms with Crippen molar-refractivity contribution >= 4 is 17.5 Å². The van der Waals surface area contributed by atoms with Crippen LogP contribution in [0, 0.1) is 0 Å². The zero-order valence-corrected chi connectivity index (χ0v) is 9.96. The molecule has 1 aromatic rings. The van der Waals surface area contributed by atoms with Crippen LogP contribution in [0.25, 0.3) is 0 Å². The van der Waals surface area contributed by atoms with Gasteiger partial charge in [0.15, 0.2) is 0 Å². The van der Waals surface area contributed by atoms with E-state index in [1.54, 1.807) is 24.3 Å². The molecule has 3 nitrogen and oxygen atoms in total. The van der Waals surface area contributed by atoms with Gasteiger partial charge in [0, 0.05) is 17.1 Å². The Balaban J connectivity index is 2.30. The summed E-state index contributed by atoms with van der Waals surface area (Å²) in [6.45, 7) is 1.40. The van der Waals surface area contributed by atoms with Gasteiger partial charge < -0.3 is 11.1 Å². The SMILES string of the molecule is NCCCCCNC(=O)c1cccc(Cl)c1. The number of rotatable bonds is 6. The predicted octanol–water partition coefficient (Wildman–Crippen LogP) is 2.20. The number of halogens is 1. The average molecular weight is 241 g/mol. The number of amides is 1. The van der Waals surface area contributed by atoms with Gasteiger partial charge in [0.05, 0.1) is 0 Å². The lowest BCUT2D eigenvalue weighted by Crippen LogP contribution is -2.24. The van der Waals surface area contributed by atoms with Gasteiger partial charge in [-0.1, -0.05) is 24.1 Å². The zero-order chi connectivity index (χ0) is 11.8. The molecule has 0 spiro atoms. The number of hydrogen-bond acceptors (Lipinski definition) is 2. The van der Waals surface area contributed by atoms with Gasteiger partial charge in [0.25, 0.3) is 5.91 Å². The van der Waals surface area contributed by atoms with Crippen molar-refractivity contribution in [1.82, 2.24) is 5.32 Å². The molecule has 1 aromatic carbocycles. The van der Waals surface area contributed by atoms with Gasteiger partial charge in [-0.2, -0.15) is 0 Å². The molecule has 0 aromatic heterocycles. The van der Waals surface area contributed by atoms with Crippen molar-refractivity contribution in [3.63, 3.8) is 0 Å². The second kappa shape index (κ2) is 7.25. The van der Waals surface area contributed by atoms with Gasteiger partial charge in [0.2, 0.25) is 0 Å². The van der Waals surface area contributed by atoms with Crippen molar-refractivity contribution < 1.29 is 4.79 Å². The third-order valence-corrected chi connectivity index (χ3v) is 2.49. The van der Waals surface area contributed by atoms with Gasteiger partial charge in [-0.15, -0.1) is 0 Å². The number of benzene rings is 1. The van der Waals surface area contributed by atoms with Crippen LogP contribution in [0.15, 0.2) is 24.3 Å². The van der Waals surface area contributed by atoms with E-state index in [9.17, 15) is 4.79 Å². The molecule has 0 atom stereocenters. The minimum Gasteiger partial charge on any atom is -0.352 e. The number of unbranched alkanes of at least 4 members (excludes halogenated alkanes) is 2. The maximum atomic E-state index is 11.6. The molecule has 0 heterocycles. The van der Waals surface area contributed by atoms with Gasteiger partial charge in [0.1, 0.15) is 0 Å². The highest BCUT2D eigenvalue weighted by Gasteiger charge is 2.04. The van der Waals surface area contributed by atoms with Gasteiger partial charge in [-0.05, 0) is 37.6 Å². The van der Waals surface area contributed by atoms with Crippen LogP contribution < -0.4 is 11.1 Å². The van der Waals surface area contributed by atoms with Crippen LogP contribution in [0.3, 0.4) is 0 Å². The molecular formula is C12H17ClN2O. The van der Waals surface area contributed by atoms with E-state index in [1.807, 2.05) is 0 Å². The van der Waals surface area contributed by atoms with Gasteiger partial charge >= 0.3 is 0 Å². The van der Waals surface area contributed by atoms with E-state index in [0.717, 1.165) is 19.3 Å². The molecule has 0 fully saturated rings. The first-order valence-corrected chi connectivity index (χ1v) is 5.85. The fourth-order valence-corrected chi connectivity index (χ4v) is 1.57. The second-order valence-corrected chi connectivity index (χ2v) is 4.05. The molecule has 0 aliphatic carbocycles. The number of nitrogens with two attached hydrogens (primary N) is 1. The fourth-order valence-electron chi connectivity index (χ4n) is 1.38. The summed E-state index contributed by atoms with van der Waals surface area (Å²) in [5.74, 6) is -0.0738. The highest BCUT2D eigenvalue weighted by atomic mass is 35.5. The summed E-state index contributed by atoms with van der Waals surface area (Å²) in [7, 11) is 0. The van der Waals surface area contributed by atoms with E-state index in [2.05, 4.69) is 5.32 Å². The number of carbonyl (C=O) groups excluding carboxylic acids is 1. The van der Waals surface area contributed by atoms with E-state index in [0.29, 0.717) is 23.7 Å². The largest absolute Gasteiger partial charge is 0.352 e. The molecule has 3 N–H and O–H groups in total. The van der Waals surface area contributed by atoms with Crippen LogP contribution >= 0.6 is 11.6 Å². The Bertz CT molecular complexity index is 342. The lowest BCUT2D eigenvalue weighted by molar-refractivity contribution is 0.0953. The molecule has 0 radical (unpaired) electrons. The van der Waals surface area contributed by atoms with E-state index in [4.69, 9.17) is 17.3 Å². The lowest BCUT2D eigenvalue weighted by atomic mass is 10.2. The standard InChI is InChI=1S/C12H17ClN2O/c13-11-6-4-5-10(9-11)12(16)15-8-3-1-2-7-14/h4-6,9H,1-3,7-8,14H2,(H,15,16). The first-order valence-electron chi connectivity index (χ1n) is 5.48. The van der Waals surface area contributed by atoms with Gasteiger partial charge in [-0.25, -0.2) is 0 Å². The molecule has 0 aliphatic rings. The Morgan fingerprint density at radius 3 is 2.81 bits per heavy atom. The summed E-state index contributed by atoms with van der Waals surface area (Å²) in [6.07, 6.45) is 3.02. The normalized spacial score (nSPS) is 10.1. The van der Waals surface area contributed by atoms with Crippen molar-refractivity contribution in [3.05, 3.63) is 34.9 Å². The molecule has 0 saturated heterocycles. The summed E-state index contributed by atoms with van der Waals surface area (Å²) in [5.41, 5.74) is 5.98. The molecule has 0 bridgehead atoms. The first kappa shape index (κ1) is 13.0. The van der Waals surface area contributed by atoms with Crippen LogP contribution in [0.5, 0.6) is 0 Å². The Hall–Kier alpha value is -1.06. The van der Waals surface area contributed by atoms with Crippen LogP contribution in [0.1, 0.15) is 29.6 Å². The molecule has 4 heteroatoms. The topological polar surface area (TPSA) is 55.1 Å². The summed E-state index contributed by atoms with van der Waals surface area (Å²) in [5, 5.41) is 3.43. The Morgan fingerprint density at radius 2 is 2.12 bits per heavy atom. The van der Waals surface area contributed by atoms with Crippen LogP contribution in [0.2, 0.25) is 5.02 Å². The van der Waals surface area contributed by atoms with Crippen LogP contribution in [-0.4, -0.2) is 19.0 Å². The van der Waals surface area contributed by atoms with Gasteiger partial charge in [-0.3, -0.25) is 4.79 Å². The number of carbonyl (C=O) groups is 1. The fraction of sp³-hybridized carbons (Fsp3) is 0.417. The molecule has 1 rings (SSSR count). The van der Waals surface area contributed by atoms with Crippen molar-refractivity contribution in [2.45, 2.75) is 19.3 Å². The third-order valence-electron chi connectivity index (χ3n) is 2.25. The highest BCUT2D eigenvalue weighted by Crippen LogP contribution is 2.10. The lowest BCUT2D eigenvalue weighted by Gasteiger charge is -2.05. The summed E-state index contributed by atoms with van der Waals surface area (Å²) >= 11 is 5.80. The molecular weight excluding hydrogens is 224 g/mol. The van der Waals surface area contributed by atoms with Crippen molar-refractivity contribution in [2.75, 3.05) is 13.1 Å². The highest BCUT2D eigenvalue weighted by molar-refractivity contribution is 6.30. The molecule has 16 heavy (non-hydrogen) atoms. The summed E-state index contributed by atoms with van der Waals surface area (Å²) < 4.78 is 0. The first-order chi connectivity index (χ1) is 7.74. The Morgan fingerprint density at radius 1 is 1.31 bits per heavy atom. The zero-order valence-electron chi connectivity index (χ0n) is 9.21. The van der Waals surface area contributed by atoms with E-state index in [-0.39, 0.29) is 5.91 Å². The van der Waals surface area contributed by atoms with E-state index < -0.39 is 0 Å². The van der Waals surface area contributed by atoms with E-state index in [1.165, 1.54) is 0 Å². The summed E-state index contributed by atoms with van der Waals surface area (Å²) in [4.78, 5) is 11.6. The van der Waals surface area contributed by atoms with Crippen molar-refractivity contribution in [1.29, 1.82) is 0 Å². The molecule has 0 unspecified atom stereocenters. The third kappa shape index (κ3) is 4.64. The summed E-state index contributed by atoms with van der Waals surface area (Å²) in [6, 6.07) is 6.93. The average Bonchev–Trinajstić information content (AvgIpc) is 2.28. The van der Waals surface area contributed by atoms with Crippen molar-refractivity contribution in [3.8, 4) is 0 Å². The minimum absolute atomic E-state index is 0.0738. The molecule has 0 saturated carbocycles.